The molecule has 2 N–H and O–H groups in total. The van der Waals surface area contributed by atoms with E-state index in [0.717, 1.165) is 0 Å². The molecule has 0 spiro atoms. The first-order chi connectivity index (χ1) is 6.43. The van der Waals surface area contributed by atoms with Crippen molar-refractivity contribution in [3.8, 4) is 0 Å². The number of aliphatic hydroxyl groups is 1. The molecule has 1 amide bonds. The van der Waals surface area contributed by atoms with Crippen molar-refractivity contribution in [2.24, 2.45) is 5.92 Å². The summed E-state index contributed by atoms with van der Waals surface area (Å²) in [5.74, 6) is -1.45. The Balaban J connectivity index is 2.54. The molecule has 0 aromatic carbocycles. The second-order valence-electron chi connectivity index (χ2n) is 3.74. The molecule has 0 aromatic heterocycles. The maximum Gasteiger partial charge on any atom is 0.329 e. The lowest BCUT2D eigenvalue weighted by Crippen LogP contribution is -2.65. The highest BCUT2D eigenvalue weighted by atomic mass is 16.5. The fourth-order valence-corrected chi connectivity index (χ4v) is 1.40. The van der Waals surface area contributed by atoms with Crippen molar-refractivity contribution in [3.05, 3.63) is 0 Å². The van der Waals surface area contributed by atoms with Crippen LogP contribution in [-0.2, 0) is 14.3 Å². The Labute approximate surface area is 82.4 Å². The summed E-state index contributed by atoms with van der Waals surface area (Å²) >= 11 is 0. The van der Waals surface area contributed by atoms with Gasteiger partial charge in [0.15, 0.2) is 0 Å². The molecule has 1 aliphatic heterocycles. The van der Waals surface area contributed by atoms with Crippen molar-refractivity contribution < 1.29 is 19.4 Å². The van der Waals surface area contributed by atoms with Crippen LogP contribution in [0.5, 0.6) is 0 Å². The van der Waals surface area contributed by atoms with Gasteiger partial charge in [0.05, 0.1) is 18.1 Å². The Morgan fingerprint density at radius 1 is 1.50 bits per heavy atom. The van der Waals surface area contributed by atoms with E-state index in [0.29, 0.717) is 0 Å². The summed E-state index contributed by atoms with van der Waals surface area (Å²) in [6.45, 7) is 4.95. The predicted molar refractivity (Wildman–Crippen MR) is 48.3 cm³/mol. The first kappa shape index (κ1) is 11.0. The molecule has 0 saturated carbocycles. The zero-order chi connectivity index (χ0) is 10.9. The molecular formula is C9H15NO4. The van der Waals surface area contributed by atoms with Gasteiger partial charge in [0.1, 0.15) is 6.04 Å². The van der Waals surface area contributed by atoms with Gasteiger partial charge in [-0.2, -0.15) is 0 Å². The molecule has 3 atom stereocenters. The molecule has 0 radical (unpaired) electrons. The molecule has 1 rings (SSSR count). The summed E-state index contributed by atoms with van der Waals surface area (Å²) in [6.07, 6.45) is -1.04. The minimum atomic E-state index is -0.825. The number of β-lactam (4-membered cyclic amide) rings is 1. The lowest BCUT2D eigenvalue weighted by molar-refractivity contribution is -0.164. The zero-order valence-electron chi connectivity index (χ0n) is 8.48. The number of esters is 1. The van der Waals surface area contributed by atoms with Crippen molar-refractivity contribution in [1.82, 2.24) is 5.32 Å². The van der Waals surface area contributed by atoms with Crippen LogP contribution in [0.15, 0.2) is 0 Å². The Bertz CT molecular complexity index is 249. The van der Waals surface area contributed by atoms with Gasteiger partial charge in [-0.05, 0) is 20.8 Å². The van der Waals surface area contributed by atoms with Crippen LogP contribution >= 0.6 is 0 Å². The number of hydrogen-bond acceptors (Lipinski definition) is 4. The topological polar surface area (TPSA) is 75.6 Å². The fraction of sp³-hybridized carbons (Fsp3) is 0.778. The average molecular weight is 201 g/mol. The normalized spacial score (nSPS) is 27.9. The molecule has 0 aromatic rings. The molecule has 1 heterocycles. The Kier molecular flexibility index (Phi) is 3.10. The third-order valence-electron chi connectivity index (χ3n) is 2.09. The second-order valence-corrected chi connectivity index (χ2v) is 3.74. The van der Waals surface area contributed by atoms with Gasteiger partial charge in [0.25, 0.3) is 0 Å². The lowest BCUT2D eigenvalue weighted by atomic mass is 9.86. The number of rotatable bonds is 3. The predicted octanol–water partition coefficient (Wildman–Crippen LogP) is -0.567. The van der Waals surface area contributed by atoms with Crippen molar-refractivity contribution in [3.63, 3.8) is 0 Å². The van der Waals surface area contributed by atoms with Crippen molar-refractivity contribution in [2.45, 2.75) is 39.0 Å². The quantitative estimate of drug-likeness (QED) is 0.474. The molecule has 0 aliphatic carbocycles. The van der Waals surface area contributed by atoms with Gasteiger partial charge in [-0.1, -0.05) is 0 Å². The van der Waals surface area contributed by atoms with Crippen molar-refractivity contribution in [2.75, 3.05) is 0 Å². The highest BCUT2D eigenvalue weighted by Gasteiger charge is 2.47. The number of carbonyl (C=O) groups excluding carboxylic acids is 2. The summed E-state index contributed by atoms with van der Waals surface area (Å²) in [5.41, 5.74) is 0. The van der Waals surface area contributed by atoms with Gasteiger partial charge < -0.3 is 15.2 Å². The fourth-order valence-electron chi connectivity index (χ4n) is 1.40. The number of aliphatic hydroxyl groups excluding tert-OH is 1. The second kappa shape index (κ2) is 3.96. The maximum atomic E-state index is 11.3. The first-order valence-corrected chi connectivity index (χ1v) is 4.62. The van der Waals surface area contributed by atoms with Gasteiger partial charge in [-0.25, -0.2) is 4.79 Å². The van der Waals surface area contributed by atoms with Crippen LogP contribution in [0.4, 0.5) is 0 Å². The number of hydrogen-bond donors (Lipinski definition) is 2. The maximum absolute atomic E-state index is 11.3. The van der Waals surface area contributed by atoms with E-state index < -0.39 is 24.0 Å². The van der Waals surface area contributed by atoms with Crippen molar-refractivity contribution >= 4 is 11.9 Å². The van der Waals surface area contributed by atoms with Gasteiger partial charge in [-0.15, -0.1) is 0 Å². The van der Waals surface area contributed by atoms with E-state index in [-0.39, 0.29) is 12.0 Å². The van der Waals surface area contributed by atoms with E-state index in [9.17, 15) is 14.7 Å². The Morgan fingerprint density at radius 2 is 2.07 bits per heavy atom. The summed E-state index contributed by atoms with van der Waals surface area (Å²) in [7, 11) is 0. The van der Waals surface area contributed by atoms with Gasteiger partial charge in [0.2, 0.25) is 5.91 Å². The van der Waals surface area contributed by atoms with Gasteiger partial charge in [0, 0.05) is 0 Å². The molecule has 1 aliphatic rings. The van der Waals surface area contributed by atoms with Crippen LogP contribution in [-0.4, -0.2) is 35.2 Å². The van der Waals surface area contributed by atoms with E-state index in [4.69, 9.17) is 4.74 Å². The highest BCUT2D eigenvalue weighted by molar-refractivity contribution is 5.97. The minimum Gasteiger partial charge on any atom is -0.461 e. The summed E-state index contributed by atoms with van der Waals surface area (Å²) in [4.78, 5) is 22.3. The molecule has 14 heavy (non-hydrogen) atoms. The number of ether oxygens (including phenoxy) is 1. The third kappa shape index (κ3) is 2.04. The highest BCUT2D eigenvalue weighted by Crippen LogP contribution is 2.20. The summed E-state index contributed by atoms with van der Waals surface area (Å²) in [6, 6.07) is -0.690. The Hall–Kier alpha value is -1.10. The summed E-state index contributed by atoms with van der Waals surface area (Å²) in [5, 5.41) is 11.6. The van der Waals surface area contributed by atoms with Crippen LogP contribution in [0.3, 0.4) is 0 Å². The summed E-state index contributed by atoms with van der Waals surface area (Å²) < 4.78 is 4.92. The number of carbonyl (C=O) groups is 2. The van der Waals surface area contributed by atoms with Crippen LogP contribution in [0.25, 0.3) is 0 Å². The lowest BCUT2D eigenvalue weighted by Gasteiger charge is -2.36. The van der Waals surface area contributed by atoms with E-state index >= 15 is 0 Å². The Morgan fingerprint density at radius 3 is 2.43 bits per heavy atom. The van der Waals surface area contributed by atoms with Crippen LogP contribution in [0.1, 0.15) is 20.8 Å². The largest absolute Gasteiger partial charge is 0.461 e. The van der Waals surface area contributed by atoms with E-state index in [1.165, 1.54) is 6.92 Å². The molecule has 80 valence electrons. The third-order valence-corrected chi connectivity index (χ3v) is 2.09. The molecule has 1 fully saturated rings. The first-order valence-electron chi connectivity index (χ1n) is 4.62. The smallest absolute Gasteiger partial charge is 0.329 e. The van der Waals surface area contributed by atoms with Crippen LogP contribution in [0.2, 0.25) is 0 Å². The van der Waals surface area contributed by atoms with Gasteiger partial charge in [-0.3, -0.25) is 4.79 Å². The van der Waals surface area contributed by atoms with E-state index in [1.807, 2.05) is 0 Å². The van der Waals surface area contributed by atoms with E-state index in [2.05, 4.69) is 5.32 Å². The monoisotopic (exact) mass is 201 g/mol. The molecule has 0 bridgehead atoms. The van der Waals surface area contributed by atoms with Crippen molar-refractivity contribution in [1.29, 1.82) is 0 Å². The molecule has 5 nitrogen and oxygen atoms in total. The SMILES string of the molecule is CC(C)OC(=O)[C@H]1NC(=O)[C@@H]1[C@@H](C)O. The average Bonchev–Trinajstić information content (AvgIpc) is 1.96. The zero-order valence-corrected chi connectivity index (χ0v) is 8.48. The molecule has 0 unspecified atom stereocenters. The minimum absolute atomic E-state index is 0.213. The number of amides is 1. The van der Waals surface area contributed by atoms with Crippen LogP contribution in [0, 0.1) is 5.92 Å². The molecule has 1 saturated heterocycles. The van der Waals surface area contributed by atoms with E-state index in [1.54, 1.807) is 13.8 Å². The van der Waals surface area contributed by atoms with Gasteiger partial charge >= 0.3 is 5.97 Å². The number of nitrogens with one attached hydrogen (secondary N) is 1. The molecule has 5 heteroatoms. The molecular weight excluding hydrogens is 186 g/mol. The standard InChI is InChI=1S/C9H15NO4/c1-4(2)14-9(13)7-6(5(3)11)8(12)10-7/h4-7,11H,1-3H3,(H,10,12)/t5-,6-,7+/m1/s1. The van der Waals surface area contributed by atoms with Crippen LogP contribution < -0.4 is 5.32 Å².